The van der Waals surface area contributed by atoms with Crippen molar-refractivity contribution in [2.75, 3.05) is 24.0 Å². The number of nitrogens with one attached hydrogen (secondary N) is 1. The molecular formula is C22H24N4O4S. The number of imidazole rings is 1. The van der Waals surface area contributed by atoms with Crippen LogP contribution in [0.25, 0.3) is 0 Å². The van der Waals surface area contributed by atoms with E-state index in [-0.39, 0.29) is 17.4 Å². The van der Waals surface area contributed by atoms with Crippen LogP contribution in [0.1, 0.15) is 12.0 Å². The first-order valence-corrected chi connectivity index (χ1v) is 11.5. The Hall–Kier alpha value is -3.33. The first-order chi connectivity index (χ1) is 15.0. The minimum absolute atomic E-state index is 0.128. The third kappa shape index (κ3) is 4.88. The first kappa shape index (κ1) is 20.9. The lowest BCUT2D eigenvalue weighted by Crippen LogP contribution is -2.30. The number of hydrogen-bond donors (Lipinski definition) is 1. The average molecular weight is 441 g/mol. The van der Waals surface area contributed by atoms with Crippen LogP contribution in [0, 0.1) is 0 Å². The molecule has 0 atom stereocenters. The van der Waals surface area contributed by atoms with Crippen LogP contribution in [0.15, 0.2) is 72.1 Å². The molecule has 1 aliphatic heterocycles. The molecule has 0 unspecified atom stereocenters. The Balaban J connectivity index is 1.28. The molecule has 4 rings (SSSR count). The zero-order chi connectivity index (χ0) is 21.7. The van der Waals surface area contributed by atoms with Gasteiger partial charge in [-0.25, -0.2) is 13.4 Å². The lowest BCUT2D eigenvalue weighted by Gasteiger charge is -2.19. The van der Waals surface area contributed by atoms with E-state index in [9.17, 15) is 13.2 Å². The van der Waals surface area contributed by atoms with E-state index in [0.717, 1.165) is 24.2 Å². The average Bonchev–Trinajstić information content (AvgIpc) is 3.45. The van der Waals surface area contributed by atoms with E-state index in [0.29, 0.717) is 25.3 Å². The fourth-order valence-corrected chi connectivity index (χ4v) is 5.00. The summed E-state index contributed by atoms with van der Waals surface area (Å²) in [6, 6.07) is 13.7. The second kappa shape index (κ2) is 9.22. The number of hydrogen-bond acceptors (Lipinski definition) is 5. The van der Waals surface area contributed by atoms with Gasteiger partial charge in [0.05, 0.1) is 16.9 Å². The number of nitrogens with zero attached hydrogens (tertiary/aromatic N) is 3. The number of sulfonamides is 1. The summed E-state index contributed by atoms with van der Waals surface area (Å²) in [5, 5.41) is 2.80. The number of rotatable bonds is 9. The maximum absolute atomic E-state index is 13.0. The predicted molar refractivity (Wildman–Crippen MR) is 116 cm³/mol. The van der Waals surface area contributed by atoms with Crippen molar-refractivity contribution < 1.29 is 17.9 Å². The highest BCUT2D eigenvalue weighted by atomic mass is 32.2. The Labute approximate surface area is 181 Å². The fraction of sp³-hybridized carbons (Fsp3) is 0.273. The number of aryl methyl sites for hydroxylation is 1. The number of para-hydroxylation sites is 1. The zero-order valence-corrected chi connectivity index (χ0v) is 17.8. The Kier molecular flexibility index (Phi) is 6.22. The fourth-order valence-electron chi connectivity index (χ4n) is 3.50. The molecule has 0 aliphatic carbocycles. The van der Waals surface area contributed by atoms with Crippen molar-refractivity contribution >= 4 is 21.6 Å². The first-order valence-electron chi connectivity index (χ1n) is 10.1. The van der Waals surface area contributed by atoms with Crippen LogP contribution in [-0.2, 0) is 27.8 Å². The Morgan fingerprint density at radius 3 is 2.71 bits per heavy atom. The molecule has 0 saturated carbocycles. The standard InChI is InChI=1S/C22H24N4O4S/c27-22(24-11-3-13-25-15-12-23-17-25)16-30-19-6-8-20(9-7-19)31(28,29)26-14-10-18-4-1-2-5-21(18)26/h1-2,4-9,12,15,17H,3,10-11,13-14,16H2,(H,24,27). The number of carbonyl (C=O) groups is 1. The molecule has 162 valence electrons. The Bertz CT molecular complexity index is 1130. The number of benzene rings is 2. The summed E-state index contributed by atoms with van der Waals surface area (Å²) in [5.74, 6) is 0.213. The minimum Gasteiger partial charge on any atom is -0.484 e. The summed E-state index contributed by atoms with van der Waals surface area (Å²) in [6.07, 6.45) is 6.81. The van der Waals surface area contributed by atoms with Crippen molar-refractivity contribution in [1.29, 1.82) is 0 Å². The highest BCUT2D eigenvalue weighted by Crippen LogP contribution is 2.32. The van der Waals surface area contributed by atoms with E-state index in [1.54, 1.807) is 24.7 Å². The van der Waals surface area contributed by atoms with Crippen LogP contribution >= 0.6 is 0 Å². The quantitative estimate of drug-likeness (QED) is 0.515. The lowest BCUT2D eigenvalue weighted by atomic mass is 10.2. The summed E-state index contributed by atoms with van der Waals surface area (Å²) in [5.41, 5.74) is 1.76. The van der Waals surface area contributed by atoms with Crippen LogP contribution in [0.4, 0.5) is 5.69 Å². The molecule has 1 amide bonds. The molecule has 3 aromatic rings. The van der Waals surface area contributed by atoms with E-state index < -0.39 is 10.0 Å². The van der Waals surface area contributed by atoms with Crippen LogP contribution < -0.4 is 14.4 Å². The molecule has 1 N–H and O–H groups in total. The van der Waals surface area contributed by atoms with Crippen molar-refractivity contribution in [3.63, 3.8) is 0 Å². The van der Waals surface area contributed by atoms with Crippen molar-refractivity contribution in [2.24, 2.45) is 0 Å². The number of anilines is 1. The van der Waals surface area contributed by atoms with Gasteiger partial charge in [-0.05, 0) is 48.7 Å². The van der Waals surface area contributed by atoms with Gasteiger partial charge in [0.25, 0.3) is 15.9 Å². The molecule has 9 heteroatoms. The van der Waals surface area contributed by atoms with Crippen LogP contribution in [0.2, 0.25) is 0 Å². The van der Waals surface area contributed by atoms with Gasteiger partial charge in [-0.3, -0.25) is 9.10 Å². The monoisotopic (exact) mass is 440 g/mol. The van der Waals surface area contributed by atoms with Crippen LogP contribution in [-0.4, -0.2) is 43.6 Å². The van der Waals surface area contributed by atoms with Crippen LogP contribution in [0.5, 0.6) is 5.75 Å². The third-order valence-corrected chi connectivity index (χ3v) is 6.93. The van der Waals surface area contributed by atoms with Gasteiger partial charge in [-0.1, -0.05) is 18.2 Å². The number of fused-ring (bicyclic) bond motifs is 1. The lowest BCUT2D eigenvalue weighted by molar-refractivity contribution is -0.123. The minimum atomic E-state index is -3.64. The van der Waals surface area contributed by atoms with E-state index in [1.165, 1.54) is 16.4 Å². The topological polar surface area (TPSA) is 93.5 Å². The smallest absolute Gasteiger partial charge is 0.264 e. The van der Waals surface area contributed by atoms with Gasteiger partial charge in [-0.15, -0.1) is 0 Å². The van der Waals surface area contributed by atoms with E-state index in [4.69, 9.17) is 4.74 Å². The highest BCUT2D eigenvalue weighted by Gasteiger charge is 2.30. The summed E-state index contributed by atoms with van der Waals surface area (Å²) < 4.78 is 34.9. The molecule has 1 aromatic heterocycles. The maximum atomic E-state index is 13.0. The molecule has 0 radical (unpaired) electrons. The number of carbonyl (C=O) groups excluding carboxylic acids is 1. The van der Waals surface area contributed by atoms with E-state index >= 15 is 0 Å². The Morgan fingerprint density at radius 2 is 1.94 bits per heavy atom. The summed E-state index contributed by atoms with van der Waals surface area (Å²) >= 11 is 0. The van der Waals surface area contributed by atoms with Crippen LogP contribution in [0.3, 0.4) is 0 Å². The maximum Gasteiger partial charge on any atom is 0.264 e. The summed E-state index contributed by atoms with van der Waals surface area (Å²) in [7, 11) is -3.64. The normalized spacial score (nSPS) is 13.1. The number of aromatic nitrogens is 2. The van der Waals surface area contributed by atoms with Crippen molar-refractivity contribution in [3.8, 4) is 5.75 Å². The molecular weight excluding hydrogens is 416 g/mol. The Morgan fingerprint density at radius 1 is 1.13 bits per heavy atom. The van der Waals surface area contributed by atoms with E-state index in [2.05, 4.69) is 10.3 Å². The molecule has 31 heavy (non-hydrogen) atoms. The van der Waals surface area contributed by atoms with Crippen molar-refractivity contribution in [3.05, 3.63) is 72.8 Å². The second-order valence-corrected chi connectivity index (χ2v) is 9.08. The number of amides is 1. The highest BCUT2D eigenvalue weighted by molar-refractivity contribution is 7.92. The molecule has 1 aliphatic rings. The van der Waals surface area contributed by atoms with Crippen molar-refractivity contribution in [2.45, 2.75) is 24.3 Å². The molecule has 0 saturated heterocycles. The molecule has 8 nitrogen and oxygen atoms in total. The largest absolute Gasteiger partial charge is 0.484 e. The second-order valence-electron chi connectivity index (χ2n) is 7.22. The van der Waals surface area contributed by atoms with Crippen molar-refractivity contribution in [1.82, 2.24) is 14.9 Å². The summed E-state index contributed by atoms with van der Waals surface area (Å²) in [6.45, 7) is 1.62. The van der Waals surface area contributed by atoms with Gasteiger partial charge < -0.3 is 14.6 Å². The summed E-state index contributed by atoms with van der Waals surface area (Å²) in [4.78, 5) is 16.1. The molecule has 0 bridgehead atoms. The van der Waals surface area contributed by atoms with Gasteiger partial charge in [-0.2, -0.15) is 0 Å². The SMILES string of the molecule is O=C(COc1ccc(S(=O)(=O)N2CCc3ccccc32)cc1)NCCCn1ccnc1. The van der Waals surface area contributed by atoms with E-state index in [1.807, 2.05) is 35.0 Å². The third-order valence-electron chi connectivity index (χ3n) is 5.10. The molecule has 2 aromatic carbocycles. The molecule has 0 fully saturated rings. The molecule has 0 spiro atoms. The molecule has 2 heterocycles. The number of ether oxygens (including phenoxy) is 1. The van der Waals surface area contributed by atoms with Gasteiger partial charge in [0.1, 0.15) is 5.75 Å². The van der Waals surface area contributed by atoms with Gasteiger partial charge >= 0.3 is 0 Å². The zero-order valence-electron chi connectivity index (χ0n) is 17.0. The predicted octanol–water partition coefficient (Wildman–Crippen LogP) is 2.22. The van der Waals surface area contributed by atoms with Gasteiger partial charge in [0, 0.05) is 32.0 Å². The van der Waals surface area contributed by atoms with Gasteiger partial charge in [0.15, 0.2) is 6.61 Å². The van der Waals surface area contributed by atoms with Gasteiger partial charge in [0.2, 0.25) is 0 Å².